The number of fused-ring (bicyclic) bond motifs is 1. The second-order valence-electron chi connectivity index (χ2n) is 10.9. The smallest absolute Gasteiger partial charge is 0.196 e. The minimum absolute atomic E-state index is 0.0397. The molecule has 0 saturated carbocycles. The maximum Gasteiger partial charge on any atom is 0.196 e. The van der Waals surface area contributed by atoms with Gasteiger partial charge in [0.2, 0.25) is 0 Å². The van der Waals surface area contributed by atoms with Crippen LogP contribution in [0.4, 0.5) is 8.78 Å². The summed E-state index contributed by atoms with van der Waals surface area (Å²) in [5, 5.41) is 0.707. The number of aromatic nitrogens is 2. The summed E-state index contributed by atoms with van der Waals surface area (Å²) in [5.41, 5.74) is 1.04. The molecule has 1 atom stereocenters. The van der Waals surface area contributed by atoms with Gasteiger partial charge in [0.15, 0.2) is 23.1 Å². The molecule has 8 nitrogen and oxygen atoms in total. The standard InChI is InChI=1S/C36H35F2N3O5/c1-5-13-41(14-6-2)24-17-27(26-10-7-22(37)15-30(26)38)36(43)29(18-24)32(42)16-23-8-9-25(21-40-23)46-33-11-12-39-31-20-35(45-4)34(44-3)19-28(31)33/h7-12,15,17-21,24H,5-6,13-14,16H2,1-4H3. The summed E-state index contributed by atoms with van der Waals surface area (Å²) in [6.45, 7) is 5.52. The van der Waals surface area contributed by atoms with Gasteiger partial charge in [-0.05, 0) is 68.4 Å². The molecular weight excluding hydrogens is 592 g/mol. The Morgan fingerprint density at radius 2 is 1.63 bits per heavy atom. The first-order valence-corrected chi connectivity index (χ1v) is 15.1. The Morgan fingerprint density at radius 3 is 2.28 bits per heavy atom. The second-order valence-corrected chi connectivity index (χ2v) is 10.9. The number of hydrogen-bond donors (Lipinski definition) is 0. The Kier molecular flexibility index (Phi) is 10.2. The quantitative estimate of drug-likeness (QED) is 0.148. The van der Waals surface area contributed by atoms with Crippen molar-refractivity contribution in [2.45, 2.75) is 39.2 Å². The van der Waals surface area contributed by atoms with E-state index in [0.717, 1.165) is 38.1 Å². The lowest BCUT2D eigenvalue weighted by atomic mass is 9.85. The van der Waals surface area contributed by atoms with Gasteiger partial charge in [0.25, 0.3) is 0 Å². The molecular formula is C36H35F2N3O5. The van der Waals surface area contributed by atoms with Crippen molar-refractivity contribution in [3.8, 4) is 23.0 Å². The van der Waals surface area contributed by atoms with Gasteiger partial charge in [0.05, 0.1) is 37.9 Å². The van der Waals surface area contributed by atoms with Crippen LogP contribution in [-0.4, -0.2) is 59.8 Å². The van der Waals surface area contributed by atoms with Crippen molar-refractivity contribution >= 4 is 28.0 Å². The highest BCUT2D eigenvalue weighted by Gasteiger charge is 2.31. The molecule has 2 aromatic carbocycles. The largest absolute Gasteiger partial charge is 0.493 e. The third-order valence-corrected chi connectivity index (χ3v) is 7.70. The van der Waals surface area contributed by atoms with E-state index in [0.29, 0.717) is 39.6 Å². The fourth-order valence-corrected chi connectivity index (χ4v) is 5.52. The van der Waals surface area contributed by atoms with Gasteiger partial charge in [-0.2, -0.15) is 0 Å². The maximum atomic E-state index is 14.9. The zero-order valence-corrected chi connectivity index (χ0v) is 26.2. The number of carbonyl (C=O) groups excluding carboxylic acids is 2. The summed E-state index contributed by atoms with van der Waals surface area (Å²) in [7, 11) is 3.10. The molecule has 46 heavy (non-hydrogen) atoms. The summed E-state index contributed by atoms with van der Waals surface area (Å²) >= 11 is 0. The molecule has 0 fully saturated rings. The molecule has 4 aromatic rings. The average molecular weight is 628 g/mol. The molecule has 0 N–H and O–H groups in total. The van der Waals surface area contributed by atoms with Crippen LogP contribution in [-0.2, 0) is 16.0 Å². The Morgan fingerprint density at radius 1 is 0.891 bits per heavy atom. The number of rotatable bonds is 13. The first-order valence-electron chi connectivity index (χ1n) is 15.1. The maximum absolute atomic E-state index is 14.9. The number of ether oxygens (including phenoxy) is 3. The fourth-order valence-electron chi connectivity index (χ4n) is 5.52. The van der Waals surface area contributed by atoms with E-state index in [-0.39, 0.29) is 23.1 Å². The van der Waals surface area contributed by atoms with E-state index in [2.05, 4.69) is 14.9 Å². The molecule has 0 radical (unpaired) electrons. The van der Waals surface area contributed by atoms with Gasteiger partial charge in [0.1, 0.15) is 23.1 Å². The first-order chi connectivity index (χ1) is 22.3. The third-order valence-electron chi connectivity index (χ3n) is 7.70. The number of carbonyl (C=O) groups is 2. The molecule has 10 heteroatoms. The molecule has 0 aliphatic heterocycles. The van der Waals surface area contributed by atoms with E-state index < -0.39 is 29.2 Å². The molecule has 1 aliphatic carbocycles. The predicted octanol–water partition coefficient (Wildman–Crippen LogP) is 6.91. The van der Waals surface area contributed by atoms with Crippen molar-refractivity contribution in [2.75, 3.05) is 27.3 Å². The van der Waals surface area contributed by atoms with Crippen LogP contribution in [0.1, 0.15) is 37.9 Å². The molecule has 0 saturated heterocycles. The van der Waals surface area contributed by atoms with E-state index in [1.807, 2.05) is 13.8 Å². The first kappa shape index (κ1) is 32.4. The van der Waals surface area contributed by atoms with Crippen molar-refractivity contribution in [1.82, 2.24) is 14.9 Å². The number of allylic oxidation sites excluding steroid dienone is 2. The normalized spacial score (nSPS) is 14.7. The Labute approximate surface area is 266 Å². The fraction of sp³-hybridized carbons (Fsp3) is 0.278. The van der Waals surface area contributed by atoms with Crippen LogP contribution in [0.3, 0.4) is 0 Å². The molecule has 1 aliphatic rings. The highest BCUT2D eigenvalue weighted by atomic mass is 19.1. The second kappa shape index (κ2) is 14.4. The van der Waals surface area contributed by atoms with Gasteiger partial charge in [-0.3, -0.25) is 24.5 Å². The Balaban J connectivity index is 1.39. The van der Waals surface area contributed by atoms with E-state index in [9.17, 15) is 18.4 Å². The summed E-state index contributed by atoms with van der Waals surface area (Å²) in [6.07, 6.45) is 7.99. The van der Waals surface area contributed by atoms with Gasteiger partial charge >= 0.3 is 0 Å². The molecule has 238 valence electrons. The van der Waals surface area contributed by atoms with Gasteiger partial charge < -0.3 is 14.2 Å². The SMILES string of the molecule is CCCN(CCC)C1C=C(C(=O)Cc2ccc(Oc3ccnc4cc(OC)c(OC)cc34)cn2)C(=O)C(c2ccc(F)cc2F)=C1. The van der Waals surface area contributed by atoms with E-state index in [1.54, 1.807) is 62.9 Å². The van der Waals surface area contributed by atoms with Gasteiger partial charge in [-0.15, -0.1) is 0 Å². The van der Waals surface area contributed by atoms with E-state index >= 15 is 0 Å². The van der Waals surface area contributed by atoms with Crippen molar-refractivity contribution in [1.29, 1.82) is 0 Å². The number of benzene rings is 2. The zero-order chi connectivity index (χ0) is 32.8. The van der Waals surface area contributed by atoms with Gasteiger partial charge in [-0.25, -0.2) is 8.78 Å². The lowest BCUT2D eigenvalue weighted by Gasteiger charge is -2.30. The van der Waals surface area contributed by atoms with E-state index in [1.165, 1.54) is 12.3 Å². The molecule has 5 rings (SSSR count). The Hall–Kier alpha value is -4.96. The molecule has 0 spiro atoms. The van der Waals surface area contributed by atoms with Crippen LogP contribution in [0.5, 0.6) is 23.0 Å². The van der Waals surface area contributed by atoms with Crippen LogP contribution < -0.4 is 14.2 Å². The van der Waals surface area contributed by atoms with Gasteiger partial charge in [0, 0.05) is 46.6 Å². The van der Waals surface area contributed by atoms with E-state index in [4.69, 9.17) is 14.2 Å². The summed E-state index contributed by atoms with van der Waals surface area (Å²) in [5.74, 6) is -0.628. The molecule has 0 amide bonds. The minimum atomic E-state index is -0.860. The zero-order valence-electron chi connectivity index (χ0n) is 26.2. The molecule has 1 unspecified atom stereocenters. The number of pyridine rings is 2. The number of methoxy groups -OCH3 is 2. The number of Topliss-reactive ketones (excluding diaryl/α,β-unsaturated/α-hetero) is 2. The lowest BCUT2D eigenvalue weighted by Crippen LogP contribution is -2.37. The topological polar surface area (TPSA) is 90.9 Å². The summed E-state index contributed by atoms with van der Waals surface area (Å²) in [4.78, 5) is 38.2. The summed E-state index contributed by atoms with van der Waals surface area (Å²) in [6, 6.07) is 11.3. The predicted molar refractivity (Wildman–Crippen MR) is 171 cm³/mol. The minimum Gasteiger partial charge on any atom is -0.493 e. The van der Waals surface area contributed by atoms with Crippen molar-refractivity contribution in [3.05, 3.63) is 102 Å². The van der Waals surface area contributed by atoms with Crippen molar-refractivity contribution in [2.24, 2.45) is 0 Å². The number of halogens is 2. The van der Waals surface area contributed by atoms with Crippen molar-refractivity contribution < 1.29 is 32.6 Å². The monoisotopic (exact) mass is 627 g/mol. The van der Waals surface area contributed by atoms with Crippen LogP contribution >= 0.6 is 0 Å². The van der Waals surface area contributed by atoms with Crippen molar-refractivity contribution in [3.63, 3.8) is 0 Å². The molecule has 0 bridgehead atoms. The average Bonchev–Trinajstić information content (AvgIpc) is 3.05. The van der Waals surface area contributed by atoms with Crippen LogP contribution in [0.25, 0.3) is 16.5 Å². The van der Waals surface area contributed by atoms with Crippen LogP contribution in [0.15, 0.2) is 78.6 Å². The number of ketones is 2. The molecule has 2 heterocycles. The van der Waals surface area contributed by atoms with Gasteiger partial charge in [-0.1, -0.05) is 19.9 Å². The van der Waals surface area contributed by atoms with Crippen LogP contribution in [0.2, 0.25) is 0 Å². The number of hydrogen-bond acceptors (Lipinski definition) is 8. The number of nitrogens with zero attached hydrogens (tertiary/aromatic N) is 3. The lowest BCUT2D eigenvalue weighted by molar-refractivity contribution is -0.118. The molecule has 2 aromatic heterocycles. The summed E-state index contributed by atoms with van der Waals surface area (Å²) < 4.78 is 45.5. The highest BCUT2D eigenvalue weighted by molar-refractivity contribution is 6.39. The Bertz CT molecular complexity index is 1810. The highest BCUT2D eigenvalue weighted by Crippen LogP contribution is 2.37. The van der Waals surface area contributed by atoms with Crippen LogP contribution in [0, 0.1) is 11.6 Å². The third kappa shape index (κ3) is 6.97.